The summed E-state index contributed by atoms with van der Waals surface area (Å²) in [7, 11) is 0. The van der Waals surface area contributed by atoms with Gasteiger partial charge in [0.2, 0.25) is 0 Å². The highest BCUT2D eigenvalue weighted by Crippen LogP contribution is 2.60. The predicted octanol–water partition coefficient (Wildman–Crippen LogP) is 2.56. The van der Waals surface area contributed by atoms with Crippen LogP contribution < -0.4 is 0 Å². The van der Waals surface area contributed by atoms with Gasteiger partial charge in [0.1, 0.15) is 5.78 Å². The molecule has 2 nitrogen and oxygen atoms in total. The third-order valence-corrected chi connectivity index (χ3v) is 5.94. The average molecular weight is 234 g/mol. The van der Waals surface area contributed by atoms with Gasteiger partial charge in [-0.05, 0) is 31.1 Å². The van der Waals surface area contributed by atoms with Crippen molar-refractivity contribution in [2.24, 2.45) is 29.1 Å². The van der Waals surface area contributed by atoms with Gasteiger partial charge in [-0.15, -0.1) is 0 Å². The van der Waals surface area contributed by atoms with Crippen LogP contribution in [-0.4, -0.2) is 17.0 Å². The van der Waals surface area contributed by atoms with Gasteiger partial charge in [-0.1, -0.05) is 32.4 Å². The molecule has 2 heteroatoms. The van der Waals surface area contributed by atoms with E-state index in [1.807, 2.05) is 0 Å². The molecule has 0 saturated heterocycles. The first kappa shape index (κ1) is 11.5. The minimum Gasteiger partial charge on any atom is -0.392 e. The molecule has 3 unspecified atom stereocenters. The molecule has 94 valence electrons. The van der Waals surface area contributed by atoms with Crippen molar-refractivity contribution in [1.29, 1.82) is 0 Å². The summed E-state index contributed by atoms with van der Waals surface area (Å²) in [6.45, 7) is 6.59. The minimum atomic E-state index is -0.414. The highest BCUT2D eigenvalue weighted by atomic mass is 16.3. The summed E-state index contributed by atoms with van der Waals surface area (Å²) in [5.74, 6) is 0.963. The number of aliphatic hydroxyl groups is 1. The Labute approximate surface area is 103 Å². The van der Waals surface area contributed by atoms with Gasteiger partial charge in [0.15, 0.2) is 0 Å². The molecule has 2 bridgehead atoms. The highest BCUT2D eigenvalue weighted by molar-refractivity contribution is 5.90. The van der Waals surface area contributed by atoms with E-state index in [0.717, 1.165) is 12.8 Å². The van der Waals surface area contributed by atoms with Crippen LogP contribution in [0, 0.1) is 29.1 Å². The molecule has 0 radical (unpaired) electrons. The largest absolute Gasteiger partial charge is 0.392 e. The summed E-state index contributed by atoms with van der Waals surface area (Å²) < 4.78 is 0. The van der Waals surface area contributed by atoms with Gasteiger partial charge in [0, 0.05) is 17.3 Å². The molecule has 1 N–H and O–H groups in total. The first-order valence-electron chi connectivity index (χ1n) is 6.89. The zero-order chi connectivity index (χ0) is 12.4. The molecule has 0 heterocycles. The van der Waals surface area contributed by atoms with Gasteiger partial charge in [-0.25, -0.2) is 0 Å². The number of carbonyl (C=O) groups is 1. The number of Topliss-reactive ketones (excluding diaryl/α,β-unsaturated/α-hetero) is 1. The van der Waals surface area contributed by atoms with Gasteiger partial charge >= 0.3 is 0 Å². The Balaban J connectivity index is 2.13. The van der Waals surface area contributed by atoms with Crippen molar-refractivity contribution in [3.8, 4) is 0 Å². The van der Waals surface area contributed by atoms with Crippen molar-refractivity contribution in [2.75, 3.05) is 0 Å². The van der Waals surface area contributed by atoms with Crippen LogP contribution in [0.1, 0.15) is 40.0 Å². The molecule has 0 aromatic heterocycles. The van der Waals surface area contributed by atoms with E-state index >= 15 is 0 Å². The Bertz CT molecular complexity index is 398. The van der Waals surface area contributed by atoms with Gasteiger partial charge in [0.25, 0.3) is 0 Å². The molecule has 3 rings (SSSR count). The Morgan fingerprint density at radius 3 is 2.82 bits per heavy atom. The van der Waals surface area contributed by atoms with E-state index < -0.39 is 6.10 Å². The molecule has 3 aliphatic carbocycles. The average Bonchev–Trinajstić information content (AvgIpc) is 2.43. The van der Waals surface area contributed by atoms with Gasteiger partial charge in [0.05, 0.1) is 6.10 Å². The zero-order valence-corrected chi connectivity index (χ0v) is 10.9. The summed E-state index contributed by atoms with van der Waals surface area (Å²) in [5.41, 5.74) is 1.47. The third-order valence-electron chi connectivity index (χ3n) is 5.94. The van der Waals surface area contributed by atoms with E-state index in [4.69, 9.17) is 0 Å². The summed E-state index contributed by atoms with van der Waals surface area (Å²) >= 11 is 0. The fraction of sp³-hybridized carbons (Fsp3) is 0.800. The fourth-order valence-electron chi connectivity index (χ4n) is 4.67. The lowest BCUT2D eigenvalue weighted by molar-refractivity contribution is -0.131. The molecule has 2 fully saturated rings. The molecule has 3 aliphatic rings. The Morgan fingerprint density at radius 2 is 2.12 bits per heavy atom. The second kappa shape index (κ2) is 3.44. The lowest BCUT2D eigenvalue weighted by Crippen LogP contribution is -2.46. The van der Waals surface area contributed by atoms with Crippen LogP contribution in [0.4, 0.5) is 0 Å². The van der Waals surface area contributed by atoms with E-state index in [0.29, 0.717) is 11.7 Å². The minimum absolute atomic E-state index is 0.0166. The summed E-state index contributed by atoms with van der Waals surface area (Å²) in [4.78, 5) is 12.4. The lowest BCUT2D eigenvalue weighted by atomic mass is 9.55. The number of hydrogen-bond acceptors (Lipinski definition) is 2. The summed E-state index contributed by atoms with van der Waals surface area (Å²) in [5, 5.41) is 10.2. The van der Waals surface area contributed by atoms with Gasteiger partial charge in [-0.3, -0.25) is 4.79 Å². The highest BCUT2D eigenvalue weighted by Gasteiger charge is 2.61. The van der Waals surface area contributed by atoms with Crippen LogP contribution in [-0.2, 0) is 4.79 Å². The van der Waals surface area contributed by atoms with E-state index in [-0.39, 0.29) is 23.2 Å². The number of fused-ring (bicyclic) bond motifs is 4. The number of ketones is 1. The van der Waals surface area contributed by atoms with Crippen LogP contribution in [0.5, 0.6) is 0 Å². The molecular formula is C15H22O2. The van der Waals surface area contributed by atoms with Crippen molar-refractivity contribution >= 4 is 5.78 Å². The van der Waals surface area contributed by atoms with Crippen LogP contribution in [0.25, 0.3) is 0 Å². The normalized spacial score (nSPS) is 53.3. The van der Waals surface area contributed by atoms with E-state index in [1.54, 1.807) is 0 Å². The van der Waals surface area contributed by atoms with Gasteiger partial charge in [-0.2, -0.15) is 0 Å². The van der Waals surface area contributed by atoms with Crippen molar-refractivity contribution in [1.82, 2.24) is 0 Å². The Hall–Kier alpha value is -0.630. The van der Waals surface area contributed by atoms with Crippen LogP contribution in [0.3, 0.4) is 0 Å². The number of allylic oxidation sites excluding steroid dienone is 2. The van der Waals surface area contributed by atoms with Crippen molar-refractivity contribution < 1.29 is 9.90 Å². The molecule has 0 aromatic rings. The molecule has 0 amide bonds. The van der Waals surface area contributed by atoms with E-state index in [9.17, 15) is 9.90 Å². The van der Waals surface area contributed by atoms with E-state index in [1.165, 1.54) is 12.0 Å². The number of aliphatic hydroxyl groups excluding tert-OH is 1. The lowest BCUT2D eigenvalue weighted by Gasteiger charge is -2.48. The SMILES string of the molecule is CC1C2C(=O)C(CC3=CCC[C@H](C)[C@]32C)[C@H]1O. The maximum atomic E-state index is 12.4. The standard InChI is InChI=1S/C15H22O2/c1-8-5-4-6-10-7-11-13(16)9(2)12(14(11)17)15(8,10)3/h6,8-9,11-13,16H,4-5,7H2,1-3H3/t8-,9?,11?,12?,13-,15+/m0/s1. The Morgan fingerprint density at radius 1 is 1.41 bits per heavy atom. The first-order chi connectivity index (χ1) is 7.98. The van der Waals surface area contributed by atoms with Crippen LogP contribution >= 0.6 is 0 Å². The Kier molecular flexibility index (Phi) is 2.32. The second-order valence-corrected chi connectivity index (χ2v) is 6.53. The maximum Gasteiger partial charge on any atom is 0.143 e. The molecule has 2 saturated carbocycles. The topological polar surface area (TPSA) is 37.3 Å². The molecule has 0 aromatic carbocycles. The zero-order valence-electron chi connectivity index (χ0n) is 10.9. The fourth-order valence-corrected chi connectivity index (χ4v) is 4.67. The third kappa shape index (κ3) is 1.22. The predicted molar refractivity (Wildman–Crippen MR) is 66.4 cm³/mol. The summed E-state index contributed by atoms with van der Waals surface area (Å²) in [6, 6.07) is 0. The maximum absolute atomic E-state index is 12.4. The van der Waals surface area contributed by atoms with Crippen LogP contribution in [0.2, 0.25) is 0 Å². The number of hydrogen-bond donors (Lipinski definition) is 1. The monoisotopic (exact) mass is 234 g/mol. The van der Waals surface area contributed by atoms with Crippen molar-refractivity contribution in [3.05, 3.63) is 11.6 Å². The molecule has 0 aliphatic heterocycles. The molecule has 17 heavy (non-hydrogen) atoms. The van der Waals surface area contributed by atoms with Gasteiger partial charge < -0.3 is 5.11 Å². The molecular weight excluding hydrogens is 212 g/mol. The van der Waals surface area contributed by atoms with Crippen LogP contribution in [0.15, 0.2) is 11.6 Å². The first-order valence-corrected chi connectivity index (χ1v) is 6.89. The number of rotatable bonds is 0. The molecule has 0 spiro atoms. The quantitative estimate of drug-likeness (QED) is 0.654. The number of carbonyl (C=O) groups excluding carboxylic acids is 1. The van der Waals surface area contributed by atoms with Crippen molar-refractivity contribution in [3.63, 3.8) is 0 Å². The smallest absolute Gasteiger partial charge is 0.143 e. The van der Waals surface area contributed by atoms with Crippen molar-refractivity contribution in [2.45, 2.75) is 46.1 Å². The summed E-state index contributed by atoms with van der Waals surface area (Å²) in [6.07, 6.45) is 5.06. The van der Waals surface area contributed by atoms with E-state index in [2.05, 4.69) is 26.8 Å². The molecule has 6 atom stereocenters. The second-order valence-electron chi connectivity index (χ2n) is 6.53.